The van der Waals surface area contributed by atoms with Gasteiger partial charge in [0.2, 0.25) is 0 Å². The van der Waals surface area contributed by atoms with E-state index in [9.17, 15) is 9.59 Å². The molecular weight excluding hydrogens is 444 g/mol. The molecule has 0 N–H and O–H groups in total. The number of methoxy groups -OCH3 is 1. The lowest BCUT2D eigenvalue weighted by Crippen LogP contribution is -2.43. The third-order valence-corrected chi connectivity index (χ3v) is 7.65. The first-order valence-corrected chi connectivity index (χ1v) is 12.3. The molecule has 4 atom stereocenters. The summed E-state index contributed by atoms with van der Waals surface area (Å²) in [6.07, 6.45) is 2.78. The van der Waals surface area contributed by atoms with E-state index in [0.717, 1.165) is 57.7 Å². The van der Waals surface area contributed by atoms with E-state index < -0.39 is 6.04 Å². The lowest BCUT2D eigenvalue weighted by Gasteiger charge is -2.38. The van der Waals surface area contributed by atoms with Crippen LogP contribution in [0.3, 0.4) is 0 Å². The Kier molecular flexibility index (Phi) is 6.74. The van der Waals surface area contributed by atoms with E-state index in [4.69, 9.17) is 25.8 Å². The van der Waals surface area contributed by atoms with Crippen LogP contribution in [0.2, 0.25) is 5.02 Å². The monoisotopic (exact) mass is 474 g/mol. The number of carbonyl (C=O) groups is 2. The molecule has 0 spiro atoms. The van der Waals surface area contributed by atoms with Crippen LogP contribution in [0.25, 0.3) is 0 Å². The average Bonchev–Trinajstić information content (AvgIpc) is 3.12. The van der Waals surface area contributed by atoms with Crippen LogP contribution in [-0.2, 0) is 23.8 Å². The Bertz CT molecular complexity index is 927. The van der Waals surface area contributed by atoms with Crippen LogP contribution in [0.1, 0.15) is 37.3 Å². The molecule has 0 radical (unpaired) electrons. The lowest BCUT2D eigenvalue weighted by atomic mass is 9.76. The molecule has 7 nitrogen and oxygen atoms in total. The van der Waals surface area contributed by atoms with Crippen molar-refractivity contribution < 1.29 is 23.8 Å². The smallest absolute Gasteiger partial charge is 0.290 e. The van der Waals surface area contributed by atoms with Gasteiger partial charge in [-0.2, -0.15) is 0 Å². The van der Waals surface area contributed by atoms with Gasteiger partial charge in [0, 0.05) is 44.7 Å². The molecule has 1 aliphatic carbocycles. The number of carbonyl (C=O) groups excluding carboxylic acids is 2. The largest absolute Gasteiger partial charge is 0.483 e. The summed E-state index contributed by atoms with van der Waals surface area (Å²) in [7, 11) is 1.69. The number of amides is 1. The summed E-state index contributed by atoms with van der Waals surface area (Å²) in [5.74, 6) is -0.103. The van der Waals surface area contributed by atoms with Gasteiger partial charge in [-0.3, -0.25) is 14.5 Å². The maximum Gasteiger partial charge on any atom is 0.290 e. The zero-order chi connectivity index (χ0) is 22.9. The van der Waals surface area contributed by atoms with Crippen molar-refractivity contribution in [3.8, 4) is 0 Å². The number of halogens is 1. The van der Waals surface area contributed by atoms with E-state index in [-0.39, 0.29) is 35.6 Å². The van der Waals surface area contributed by atoms with Crippen LogP contribution >= 0.6 is 11.6 Å². The standard InChI is InChI=1S/C25H31ClN2O5/c1-31-18-7-8-19-20(15-18)33-24-21(23(19)29)22(16-3-5-17(26)6-4-16)28(25(24)30)10-2-9-27-11-13-32-14-12-27/h3-6,18-20,22H,2,7-15H2,1H3. The second-order valence-electron chi connectivity index (χ2n) is 9.30. The van der Waals surface area contributed by atoms with Gasteiger partial charge in [0.05, 0.1) is 36.9 Å². The first kappa shape index (κ1) is 22.8. The number of Topliss-reactive ketones (excluding diaryl/α,β-unsaturated/α-hetero) is 1. The predicted molar refractivity (Wildman–Crippen MR) is 123 cm³/mol. The van der Waals surface area contributed by atoms with Crippen LogP contribution < -0.4 is 0 Å². The Morgan fingerprint density at radius 3 is 2.58 bits per heavy atom. The normalized spacial score (nSPS) is 30.3. The summed E-state index contributed by atoms with van der Waals surface area (Å²) in [5, 5.41) is 0.625. The van der Waals surface area contributed by atoms with E-state index in [1.54, 1.807) is 7.11 Å². The molecule has 3 aliphatic heterocycles. The molecule has 0 bridgehead atoms. The number of rotatable bonds is 6. The summed E-state index contributed by atoms with van der Waals surface area (Å²) in [6, 6.07) is 7.01. The molecule has 1 saturated heterocycles. The van der Waals surface area contributed by atoms with Crippen molar-refractivity contribution in [2.45, 2.75) is 43.9 Å². The zero-order valence-corrected chi connectivity index (χ0v) is 19.8. The maximum absolute atomic E-state index is 13.7. The summed E-state index contributed by atoms with van der Waals surface area (Å²) in [6.45, 7) is 4.77. The third-order valence-electron chi connectivity index (χ3n) is 7.40. The van der Waals surface area contributed by atoms with Crippen molar-refractivity contribution in [3.05, 3.63) is 46.2 Å². The first-order chi connectivity index (χ1) is 16.1. The molecule has 0 aromatic heterocycles. The molecule has 1 saturated carbocycles. The van der Waals surface area contributed by atoms with Gasteiger partial charge >= 0.3 is 0 Å². The van der Waals surface area contributed by atoms with Crippen LogP contribution in [0.5, 0.6) is 0 Å². The first-order valence-electron chi connectivity index (χ1n) is 11.9. The van der Waals surface area contributed by atoms with Gasteiger partial charge in [0.1, 0.15) is 6.10 Å². The molecule has 4 unspecified atom stereocenters. The van der Waals surface area contributed by atoms with Gasteiger partial charge in [-0.1, -0.05) is 23.7 Å². The molecule has 8 heteroatoms. The molecule has 33 heavy (non-hydrogen) atoms. The van der Waals surface area contributed by atoms with E-state index >= 15 is 0 Å². The van der Waals surface area contributed by atoms with Crippen LogP contribution in [0.4, 0.5) is 0 Å². The van der Waals surface area contributed by atoms with Crippen molar-refractivity contribution in [1.82, 2.24) is 9.80 Å². The number of hydrogen-bond acceptors (Lipinski definition) is 6. The fourth-order valence-corrected chi connectivity index (χ4v) is 5.73. The Morgan fingerprint density at radius 2 is 1.85 bits per heavy atom. The van der Waals surface area contributed by atoms with Gasteiger partial charge in [-0.25, -0.2) is 0 Å². The molecule has 1 aromatic carbocycles. The number of nitrogens with zero attached hydrogens (tertiary/aromatic N) is 2. The van der Waals surface area contributed by atoms with Crippen molar-refractivity contribution in [3.63, 3.8) is 0 Å². The molecule has 5 rings (SSSR count). The quantitative estimate of drug-likeness (QED) is 0.631. The van der Waals surface area contributed by atoms with E-state index in [1.165, 1.54) is 0 Å². The van der Waals surface area contributed by atoms with E-state index in [1.807, 2.05) is 29.2 Å². The second-order valence-corrected chi connectivity index (χ2v) is 9.74. The topological polar surface area (TPSA) is 68.3 Å². The lowest BCUT2D eigenvalue weighted by molar-refractivity contribution is -0.138. The van der Waals surface area contributed by atoms with Crippen molar-refractivity contribution in [2.75, 3.05) is 46.5 Å². The predicted octanol–water partition coefficient (Wildman–Crippen LogP) is 2.98. The Morgan fingerprint density at radius 1 is 1.09 bits per heavy atom. The highest BCUT2D eigenvalue weighted by Crippen LogP contribution is 2.47. The minimum absolute atomic E-state index is 0.0554. The number of fused-ring (bicyclic) bond motifs is 1. The van der Waals surface area contributed by atoms with Crippen LogP contribution in [0.15, 0.2) is 35.6 Å². The number of ether oxygens (including phenoxy) is 3. The molecule has 178 valence electrons. The zero-order valence-electron chi connectivity index (χ0n) is 19.0. The SMILES string of the molecule is COC1CCC2C(=O)C3=C(OC2C1)C(=O)N(CCCN1CCOCC1)C3c1ccc(Cl)cc1. The maximum atomic E-state index is 13.7. The van der Waals surface area contributed by atoms with Gasteiger partial charge in [0.15, 0.2) is 11.5 Å². The number of hydrogen-bond donors (Lipinski definition) is 0. The summed E-state index contributed by atoms with van der Waals surface area (Å²) in [5.41, 5.74) is 1.41. The minimum Gasteiger partial charge on any atom is -0.483 e. The summed E-state index contributed by atoms with van der Waals surface area (Å²) in [4.78, 5) is 31.4. The van der Waals surface area contributed by atoms with E-state index in [0.29, 0.717) is 23.6 Å². The fraction of sp³-hybridized carbons (Fsp3) is 0.600. The van der Waals surface area contributed by atoms with Crippen molar-refractivity contribution in [1.29, 1.82) is 0 Å². The van der Waals surface area contributed by atoms with Crippen molar-refractivity contribution >= 4 is 23.3 Å². The van der Waals surface area contributed by atoms with E-state index in [2.05, 4.69) is 4.90 Å². The van der Waals surface area contributed by atoms with Gasteiger partial charge in [-0.05, 0) is 37.0 Å². The van der Waals surface area contributed by atoms with Crippen LogP contribution in [0, 0.1) is 5.92 Å². The second kappa shape index (κ2) is 9.74. The number of morpholine rings is 1. The van der Waals surface area contributed by atoms with Gasteiger partial charge in [-0.15, -0.1) is 0 Å². The minimum atomic E-state index is -0.428. The van der Waals surface area contributed by atoms with Gasteiger partial charge in [0.25, 0.3) is 5.91 Å². The summed E-state index contributed by atoms with van der Waals surface area (Å²) < 4.78 is 17.2. The number of ketones is 1. The summed E-state index contributed by atoms with van der Waals surface area (Å²) >= 11 is 6.13. The Balaban J connectivity index is 1.40. The van der Waals surface area contributed by atoms with Crippen molar-refractivity contribution in [2.24, 2.45) is 5.92 Å². The number of benzene rings is 1. The van der Waals surface area contributed by atoms with Gasteiger partial charge < -0.3 is 19.1 Å². The highest BCUT2D eigenvalue weighted by molar-refractivity contribution is 6.30. The Hall–Kier alpha value is -1.93. The highest BCUT2D eigenvalue weighted by atomic mass is 35.5. The molecule has 1 aromatic rings. The third kappa shape index (κ3) is 4.44. The molecule has 4 aliphatic rings. The highest BCUT2D eigenvalue weighted by Gasteiger charge is 2.52. The molecule has 3 heterocycles. The fourth-order valence-electron chi connectivity index (χ4n) is 5.60. The molecular formula is C25H31ClN2O5. The average molecular weight is 475 g/mol. The molecule has 1 amide bonds. The molecule has 2 fully saturated rings. The Labute approximate surface area is 199 Å². The van der Waals surface area contributed by atoms with Crippen LogP contribution in [-0.4, -0.2) is 80.2 Å².